The van der Waals surface area contributed by atoms with Gasteiger partial charge in [0.1, 0.15) is 31.8 Å². The molecule has 446 valence electrons. The van der Waals surface area contributed by atoms with Crippen molar-refractivity contribution in [3.63, 3.8) is 0 Å². The van der Waals surface area contributed by atoms with E-state index in [0.717, 1.165) is 50.3 Å². The summed E-state index contributed by atoms with van der Waals surface area (Å²) in [6.07, 6.45) is 38.2. The molecule has 0 radical (unpaired) electrons. The number of hydrogen-bond donors (Lipinski definition) is 0. The predicted octanol–water partition coefficient (Wildman–Crippen LogP) is 14.3. The third-order valence-electron chi connectivity index (χ3n) is 15.5. The number of carbonyl (C=O) groups excluding carboxylic acids is 6. The number of rotatable bonds is 47. The molecular formula is C63H104N6O10. The summed E-state index contributed by atoms with van der Waals surface area (Å²) in [6.45, 7) is 7.56. The van der Waals surface area contributed by atoms with Gasteiger partial charge in [-0.05, 0) is 56.9 Å². The number of anilines is 1. The molecule has 16 heteroatoms. The first-order chi connectivity index (χ1) is 38.5. The molecule has 79 heavy (non-hydrogen) atoms. The zero-order valence-electron chi connectivity index (χ0n) is 49.6. The average Bonchev–Trinajstić information content (AvgIpc) is 4.09. The van der Waals surface area contributed by atoms with Gasteiger partial charge in [0.05, 0.1) is 24.1 Å². The number of esters is 4. The number of ether oxygens (including phenoxy) is 4. The van der Waals surface area contributed by atoms with Crippen LogP contribution in [0.15, 0.2) is 18.6 Å². The van der Waals surface area contributed by atoms with Crippen LogP contribution in [-0.4, -0.2) is 107 Å². The summed E-state index contributed by atoms with van der Waals surface area (Å²) in [7, 11) is 1.93. The highest BCUT2D eigenvalue weighted by Gasteiger charge is 2.33. The molecule has 0 N–H and O–H groups in total. The Bertz CT molecular complexity index is 2010. The Morgan fingerprint density at radius 3 is 1.53 bits per heavy atom. The molecule has 0 aromatic carbocycles. The number of hydrogen-bond acceptors (Lipinski definition) is 14. The number of piperidine rings is 1. The quantitative estimate of drug-likeness (QED) is 0.0344. The van der Waals surface area contributed by atoms with Gasteiger partial charge < -0.3 is 28.7 Å². The molecule has 1 amide bonds. The number of fused-ring (bicyclic) bond motifs is 1. The third-order valence-corrected chi connectivity index (χ3v) is 15.5. The van der Waals surface area contributed by atoms with E-state index < -0.39 is 12.1 Å². The van der Waals surface area contributed by atoms with Crippen LogP contribution in [0.4, 0.5) is 5.82 Å². The Balaban J connectivity index is 1.32. The van der Waals surface area contributed by atoms with Crippen LogP contribution in [0.2, 0.25) is 0 Å². The van der Waals surface area contributed by atoms with Gasteiger partial charge in [-0.25, -0.2) is 9.97 Å². The van der Waals surface area contributed by atoms with E-state index in [9.17, 15) is 28.8 Å². The van der Waals surface area contributed by atoms with Crippen molar-refractivity contribution < 1.29 is 47.7 Å². The highest BCUT2D eigenvalue weighted by molar-refractivity contribution is 5.95. The molecule has 1 saturated heterocycles. The summed E-state index contributed by atoms with van der Waals surface area (Å²) < 4.78 is 23.7. The summed E-state index contributed by atoms with van der Waals surface area (Å²) in [4.78, 5) is 89.5. The van der Waals surface area contributed by atoms with Crippen LogP contribution in [0.5, 0.6) is 0 Å². The summed E-state index contributed by atoms with van der Waals surface area (Å²) >= 11 is 0. The second-order valence-corrected chi connectivity index (χ2v) is 22.3. The smallest absolute Gasteiger partial charge is 0.306 e. The number of aromatic nitrogens is 3. The van der Waals surface area contributed by atoms with Gasteiger partial charge >= 0.3 is 23.9 Å². The fraction of sp³-hybridized carbons (Fsp3) is 0.794. The van der Waals surface area contributed by atoms with Crippen LogP contribution in [0.3, 0.4) is 0 Å². The monoisotopic (exact) mass is 1100 g/mol. The minimum Gasteiger partial charge on any atom is -0.466 e. The third kappa shape index (κ3) is 30.4. The Kier molecular flexibility index (Phi) is 37.7. The summed E-state index contributed by atoms with van der Waals surface area (Å²) in [5.41, 5.74) is 0.495. The minimum atomic E-state index is -0.903. The number of nitriles is 1. The first-order valence-electron chi connectivity index (χ1n) is 31.4. The molecule has 16 nitrogen and oxygen atoms in total. The number of nitrogens with zero attached hydrogens (tertiary/aromatic N) is 6. The maximum atomic E-state index is 13.3. The van der Waals surface area contributed by atoms with Crippen molar-refractivity contribution in [2.24, 2.45) is 5.92 Å². The molecule has 0 aliphatic carbocycles. The lowest BCUT2D eigenvalue weighted by Crippen LogP contribution is -2.52. The molecule has 3 rings (SSSR count). The van der Waals surface area contributed by atoms with Crippen molar-refractivity contribution in [3.8, 4) is 6.07 Å². The number of amides is 1. The minimum absolute atomic E-state index is 0.0268. The number of likely N-dealkylation sites (N-methyl/N-ethyl adjacent to an activating group) is 1. The van der Waals surface area contributed by atoms with Crippen LogP contribution < -0.4 is 4.90 Å². The molecule has 0 bridgehead atoms. The Labute approximate surface area is 475 Å². The Morgan fingerprint density at radius 2 is 1.04 bits per heavy atom. The molecule has 0 unspecified atom stereocenters. The molecule has 0 saturated carbocycles. The van der Waals surface area contributed by atoms with Crippen molar-refractivity contribution in [2.75, 3.05) is 44.9 Å². The van der Waals surface area contributed by atoms with Crippen molar-refractivity contribution >= 4 is 52.5 Å². The van der Waals surface area contributed by atoms with Gasteiger partial charge in [0.25, 0.3) is 0 Å². The van der Waals surface area contributed by atoms with Crippen LogP contribution in [0.25, 0.3) is 11.0 Å². The van der Waals surface area contributed by atoms with Gasteiger partial charge in [-0.3, -0.25) is 33.3 Å². The van der Waals surface area contributed by atoms with Crippen molar-refractivity contribution in [1.29, 1.82) is 5.26 Å². The second-order valence-electron chi connectivity index (χ2n) is 22.3. The molecule has 0 spiro atoms. The number of unbranched alkanes of at least 4 members (excludes halogenated alkanes) is 27. The summed E-state index contributed by atoms with van der Waals surface area (Å²) in [5, 5.41) is 9.76. The Morgan fingerprint density at radius 1 is 0.595 bits per heavy atom. The topological polar surface area (TPSA) is 200 Å². The van der Waals surface area contributed by atoms with Gasteiger partial charge in [-0.2, -0.15) is 5.26 Å². The van der Waals surface area contributed by atoms with Gasteiger partial charge in [0, 0.05) is 58.4 Å². The SMILES string of the molecule is CCCCCCCCCCCCCCCC(=O)OCC(COC(=O)CCCCCCCCCCCCCCC)OC(=O)CCCCCC(=O)OCCCCC(=O)n1ccc2c(N(C)[C@H]3CN(C(=O)CC#N)CC[C@H]3C)ncnc21. The van der Waals surface area contributed by atoms with E-state index in [1.54, 1.807) is 11.1 Å². The van der Waals surface area contributed by atoms with E-state index >= 15 is 0 Å². The lowest BCUT2D eigenvalue weighted by atomic mass is 9.92. The first kappa shape index (κ1) is 68.2. The van der Waals surface area contributed by atoms with E-state index in [1.165, 1.54) is 139 Å². The molecular weight excluding hydrogens is 1000 g/mol. The zero-order valence-corrected chi connectivity index (χ0v) is 49.6. The molecule has 2 aromatic heterocycles. The highest BCUT2D eigenvalue weighted by atomic mass is 16.6. The molecule has 3 heterocycles. The van der Waals surface area contributed by atoms with Gasteiger partial charge in [-0.1, -0.05) is 181 Å². The van der Waals surface area contributed by atoms with Crippen LogP contribution in [0.1, 0.15) is 270 Å². The molecule has 2 atom stereocenters. The molecule has 2 aromatic rings. The van der Waals surface area contributed by atoms with Crippen molar-refractivity contribution in [2.45, 2.75) is 277 Å². The van der Waals surface area contributed by atoms with E-state index in [2.05, 4.69) is 30.7 Å². The predicted molar refractivity (Wildman–Crippen MR) is 311 cm³/mol. The second kappa shape index (κ2) is 43.7. The lowest BCUT2D eigenvalue weighted by Gasteiger charge is -2.42. The number of carbonyl (C=O) groups is 6. The summed E-state index contributed by atoms with van der Waals surface area (Å²) in [6, 6.07) is 3.75. The fourth-order valence-electron chi connectivity index (χ4n) is 10.5. The lowest BCUT2D eigenvalue weighted by molar-refractivity contribution is -0.167. The normalized spacial score (nSPS) is 14.3. The summed E-state index contributed by atoms with van der Waals surface area (Å²) in [5.74, 6) is -0.901. The van der Waals surface area contributed by atoms with Crippen LogP contribution >= 0.6 is 0 Å². The van der Waals surface area contributed by atoms with E-state index in [-0.39, 0.29) is 87.2 Å². The van der Waals surface area contributed by atoms with Crippen LogP contribution in [0, 0.1) is 17.2 Å². The molecule has 1 fully saturated rings. The standard InChI is InChI=1S/C63H104N6O10/c1-5-7-9-11-13-15-17-19-21-23-25-27-30-38-59(73)77-49-53(50-78-60(74)39-31-28-26-24-22-20-18-16-14-12-10-8-6-2)79-61(75)40-33-29-32-37-58(72)76-47-35-34-36-57(71)69-46-43-54-62(65-51-66-63(54)69)67(4)55-48-68(45-42-52(55)3)56(70)41-44-64/h43,46,51-53,55H,5-42,45,47-50H2,1-4H3/t52-,55+/m1/s1. The average molecular weight is 1110 g/mol. The van der Waals surface area contributed by atoms with E-state index in [0.29, 0.717) is 69.5 Å². The Hall–Kier alpha value is -5.07. The first-order valence-corrected chi connectivity index (χ1v) is 31.4. The van der Waals surface area contributed by atoms with E-state index in [4.69, 9.17) is 24.2 Å². The van der Waals surface area contributed by atoms with Gasteiger partial charge in [0.2, 0.25) is 11.8 Å². The molecule has 1 aliphatic heterocycles. The maximum Gasteiger partial charge on any atom is 0.306 e. The largest absolute Gasteiger partial charge is 0.466 e. The highest BCUT2D eigenvalue weighted by Crippen LogP contribution is 2.30. The van der Waals surface area contributed by atoms with Gasteiger partial charge in [-0.15, -0.1) is 0 Å². The number of likely N-dealkylation sites (tertiary alicyclic amines) is 1. The maximum absolute atomic E-state index is 13.3. The zero-order chi connectivity index (χ0) is 57.1. The molecule has 1 aliphatic rings. The van der Waals surface area contributed by atoms with Crippen molar-refractivity contribution in [3.05, 3.63) is 18.6 Å². The van der Waals surface area contributed by atoms with Crippen LogP contribution in [-0.2, 0) is 42.9 Å². The van der Waals surface area contributed by atoms with Gasteiger partial charge in [0.15, 0.2) is 11.8 Å². The fourth-order valence-corrected chi connectivity index (χ4v) is 10.5. The van der Waals surface area contributed by atoms with E-state index in [1.807, 2.05) is 24.1 Å². The van der Waals surface area contributed by atoms with Crippen molar-refractivity contribution in [1.82, 2.24) is 19.4 Å².